The van der Waals surface area contributed by atoms with Gasteiger partial charge in [0.15, 0.2) is 0 Å². The van der Waals surface area contributed by atoms with Crippen molar-refractivity contribution >= 4 is 17.4 Å². The highest BCUT2D eigenvalue weighted by Crippen LogP contribution is 2.12. The zero-order valence-corrected chi connectivity index (χ0v) is 10.6. The molecule has 90 valence electrons. The molecule has 5 heteroatoms. The van der Waals surface area contributed by atoms with Crippen LogP contribution in [0.15, 0.2) is 30.3 Å². The third-order valence-electron chi connectivity index (χ3n) is 2.36. The summed E-state index contributed by atoms with van der Waals surface area (Å²) in [5.41, 5.74) is 2.47. The number of nitriles is 1. The first-order chi connectivity index (χ1) is 8.67. The molecule has 0 unspecified atom stereocenters. The summed E-state index contributed by atoms with van der Waals surface area (Å²) >= 11 is 5.77. The molecule has 0 aliphatic heterocycles. The first-order valence-corrected chi connectivity index (χ1v) is 5.79. The zero-order valence-electron chi connectivity index (χ0n) is 9.81. The van der Waals surface area contributed by atoms with Crippen LogP contribution in [-0.4, -0.2) is 9.97 Å². The molecule has 0 amide bonds. The van der Waals surface area contributed by atoms with E-state index in [-0.39, 0.29) is 5.28 Å². The van der Waals surface area contributed by atoms with E-state index < -0.39 is 0 Å². The van der Waals surface area contributed by atoms with Gasteiger partial charge < -0.3 is 5.32 Å². The van der Waals surface area contributed by atoms with Crippen LogP contribution in [0.1, 0.15) is 16.8 Å². The monoisotopic (exact) mass is 258 g/mol. The Morgan fingerprint density at radius 3 is 2.89 bits per heavy atom. The van der Waals surface area contributed by atoms with Crippen LogP contribution >= 0.6 is 11.6 Å². The SMILES string of the molecule is Cc1cc(NCc2cccc(C#N)c2)nc(Cl)n1. The molecule has 0 saturated carbocycles. The van der Waals surface area contributed by atoms with E-state index >= 15 is 0 Å². The largest absolute Gasteiger partial charge is 0.366 e. The zero-order chi connectivity index (χ0) is 13.0. The van der Waals surface area contributed by atoms with E-state index in [2.05, 4.69) is 21.4 Å². The summed E-state index contributed by atoms with van der Waals surface area (Å²) in [7, 11) is 0. The first-order valence-electron chi connectivity index (χ1n) is 5.41. The lowest BCUT2D eigenvalue weighted by Crippen LogP contribution is -2.03. The van der Waals surface area contributed by atoms with Crippen LogP contribution in [0.25, 0.3) is 0 Å². The van der Waals surface area contributed by atoms with Crippen LogP contribution in [0, 0.1) is 18.3 Å². The van der Waals surface area contributed by atoms with Gasteiger partial charge in [0, 0.05) is 18.3 Å². The number of aryl methyl sites for hydroxylation is 1. The molecule has 2 rings (SSSR count). The maximum atomic E-state index is 8.81. The number of halogens is 1. The van der Waals surface area contributed by atoms with Crippen molar-refractivity contribution in [3.8, 4) is 6.07 Å². The Labute approximate surface area is 110 Å². The molecule has 0 bridgehead atoms. The van der Waals surface area contributed by atoms with Gasteiger partial charge in [-0.15, -0.1) is 0 Å². The number of benzene rings is 1. The van der Waals surface area contributed by atoms with Gasteiger partial charge in [0.25, 0.3) is 0 Å². The Balaban J connectivity index is 2.09. The van der Waals surface area contributed by atoms with Crippen LogP contribution in [0.5, 0.6) is 0 Å². The number of aromatic nitrogens is 2. The van der Waals surface area contributed by atoms with Gasteiger partial charge in [-0.2, -0.15) is 5.26 Å². The molecule has 0 saturated heterocycles. The van der Waals surface area contributed by atoms with Gasteiger partial charge in [0.05, 0.1) is 11.6 Å². The van der Waals surface area contributed by atoms with E-state index in [9.17, 15) is 0 Å². The molecular formula is C13H11ClN4. The second-order valence-electron chi connectivity index (χ2n) is 3.83. The second-order valence-corrected chi connectivity index (χ2v) is 4.17. The topological polar surface area (TPSA) is 61.6 Å². The van der Waals surface area contributed by atoms with E-state index in [0.29, 0.717) is 17.9 Å². The third-order valence-corrected chi connectivity index (χ3v) is 2.53. The Hall–Kier alpha value is -2.12. The van der Waals surface area contributed by atoms with Gasteiger partial charge in [-0.3, -0.25) is 0 Å². The van der Waals surface area contributed by atoms with Crippen molar-refractivity contribution in [3.05, 3.63) is 52.4 Å². The Morgan fingerprint density at radius 1 is 1.33 bits per heavy atom. The van der Waals surface area contributed by atoms with E-state index in [1.54, 1.807) is 6.07 Å². The van der Waals surface area contributed by atoms with Gasteiger partial charge in [-0.1, -0.05) is 12.1 Å². The summed E-state index contributed by atoms with van der Waals surface area (Å²) in [6.45, 7) is 2.44. The molecule has 2 aromatic rings. The maximum Gasteiger partial charge on any atom is 0.224 e. The molecule has 0 atom stereocenters. The first kappa shape index (κ1) is 12.3. The van der Waals surface area contributed by atoms with Crippen molar-refractivity contribution < 1.29 is 0 Å². The van der Waals surface area contributed by atoms with E-state index in [0.717, 1.165) is 11.3 Å². The number of anilines is 1. The van der Waals surface area contributed by atoms with Crippen LogP contribution in [0.4, 0.5) is 5.82 Å². The quantitative estimate of drug-likeness (QED) is 0.860. The van der Waals surface area contributed by atoms with E-state index in [1.807, 2.05) is 31.2 Å². The number of hydrogen-bond donors (Lipinski definition) is 1. The number of nitrogens with one attached hydrogen (secondary N) is 1. The molecule has 0 spiro atoms. The average Bonchev–Trinajstić information content (AvgIpc) is 2.35. The summed E-state index contributed by atoms with van der Waals surface area (Å²) < 4.78 is 0. The number of rotatable bonds is 3. The molecule has 1 heterocycles. The van der Waals surface area contributed by atoms with Gasteiger partial charge >= 0.3 is 0 Å². The fourth-order valence-electron chi connectivity index (χ4n) is 1.57. The van der Waals surface area contributed by atoms with E-state index in [1.165, 1.54) is 0 Å². The van der Waals surface area contributed by atoms with Crippen LogP contribution < -0.4 is 5.32 Å². The Kier molecular flexibility index (Phi) is 3.75. The highest BCUT2D eigenvalue weighted by atomic mass is 35.5. The standard InChI is InChI=1S/C13H11ClN4/c1-9-5-12(18-13(14)17-9)16-8-11-4-2-3-10(6-11)7-15/h2-6H,8H2,1H3,(H,16,17,18). The van der Waals surface area contributed by atoms with Crippen molar-refractivity contribution in [2.75, 3.05) is 5.32 Å². The number of hydrogen-bond acceptors (Lipinski definition) is 4. The minimum Gasteiger partial charge on any atom is -0.366 e. The minimum absolute atomic E-state index is 0.225. The average molecular weight is 259 g/mol. The smallest absolute Gasteiger partial charge is 0.224 e. The summed E-state index contributed by atoms with van der Waals surface area (Å²) in [6.07, 6.45) is 0. The van der Waals surface area contributed by atoms with Crippen LogP contribution in [0.2, 0.25) is 5.28 Å². The molecule has 0 aliphatic carbocycles. The lowest BCUT2D eigenvalue weighted by molar-refractivity contribution is 1.05. The molecule has 1 aromatic carbocycles. The highest BCUT2D eigenvalue weighted by molar-refractivity contribution is 6.28. The molecule has 1 aromatic heterocycles. The van der Waals surface area contributed by atoms with Gasteiger partial charge in [-0.05, 0) is 36.2 Å². The molecular weight excluding hydrogens is 248 g/mol. The molecule has 18 heavy (non-hydrogen) atoms. The summed E-state index contributed by atoms with van der Waals surface area (Å²) in [5, 5.41) is 12.2. The van der Waals surface area contributed by atoms with Crippen molar-refractivity contribution in [2.24, 2.45) is 0 Å². The van der Waals surface area contributed by atoms with Gasteiger partial charge in [-0.25, -0.2) is 9.97 Å². The number of nitrogens with zero attached hydrogens (tertiary/aromatic N) is 3. The Morgan fingerprint density at radius 2 is 2.17 bits per heavy atom. The molecule has 0 aliphatic rings. The third kappa shape index (κ3) is 3.19. The predicted molar refractivity (Wildman–Crippen MR) is 70.3 cm³/mol. The fourth-order valence-corrected chi connectivity index (χ4v) is 1.79. The van der Waals surface area contributed by atoms with Crippen molar-refractivity contribution in [3.63, 3.8) is 0 Å². The second kappa shape index (κ2) is 5.48. The van der Waals surface area contributed by atoms with E-state index in [4.69, 9.17) is 16.9 Å². The molecule has 4 nitrogen and oxygen atoms in total. The van der Waals surface area contributed by atoms with Gasteiger partial charge in [0.1, 0.15) is 5.82 Å². The lowest BCUT2D eigenvalue weighted by Gasteiger charge is -2.06. The van der Waals surface area contributed by atoms with Crippen molar-refractivity contribution in [1.29, 1.82) is 5.26 Å². The maximum absolute atomic E-state index is 8.81. The van der Waals surface area contributed by atoms with Crippen molar-refractivity contribution in [2.45, 2.75) is 13.5 Å². The molecule has 1 N–H and O–H groups in total. The van der Waals surface area contributed by atoms with Crippen LogP contribution in [0.3, 0.4) is 0 Å². The van der Waals surface area contributed by atoms with Gasteiger partial charge in [0.2, 0.25) is 5.28 Å². The summed E-state index contributed by atoms with van der Waals surface area (Å²) in [6, 6.07) is 11.3. The molecule has 0 fully saturated rings. The normalized spacial score (nSPS) is 9.83. The fraction of sp³-hybridized carbons (Fsp3) is 0.154. The summed E-state index contributed by atoms with van der Waals surface area (Å²) in [5.74, 6) is 0.676. The predicted octanol–water partition coefficient (Wildman–Crippen LogP) is 2.92. The van der Waals surface area contributed by atoms with Crippen LogP contribution in [-0.2, 0) is 6.54 Å². The highest BCUT2D eigenvalue weighted by Gasteiger charge is 2.00. The Bertz CT molecular complexity index is 584. The summed E-state index contributed by atoms with van der Waals surface area (Å²) in [4.78, 5) is 8.06. The van der Waals surface area contributed by atoms with Crippen molar-refractivity contribution in [1.82, 2.24) is 9.97 Å². The molecule has 0 radical (unpaired) electrons. The lowest BCUT2D eigenvalue weighted by atomic mass is 10.1. The minimum atomic E-state index is 0.225.